The van der Waals surface area contributed by atoms with E-state index in [9.17, 15) is 9.00 Å². The number of pyridine rings is 1. The van der Waals surface area contributed by atoms with Crippen molar-refractivity contribution in [3.8, 4) is 16.9 Å². The number of H-pyrrole nitrogens is 1. The maximum atomic E-state index is 12.9. The summed E-state index contributed by atoms with van der Waals surface area (Å²) in [6, 6.07) is 24.6. The van der Waals surface area contributed by atoms with Gasteiger partial charge < -0.3 is 14.5 Å². The molecule has 8 heteroatoms. The Labute approximate surface area is 217 Å². The molecule has 2 heterocycles. The van der Waals surface area contributed by atoms with Gasteiger partial charge in [0.2, 0.25) is 0 Å². The first-order valence-corrected chi connectivity index (χ1v) is 13.0. The molecule has 0 aliphatic rings. The lowest BCUT2D eigenvalue weighted by Gasteiger charge is -2.10. The fraction of sp³-hybridized carbons (Fsp3) is 0.138. The molecule has 37 heavy (non-hydrogen) atoms. The fourth-order valence-electron chi connectivity index (χ4n) is 3.97. The summed E-state index contributed by atoms with van der Waals surface area (Å²) >= 11 is 0. The molecule has 0 radical (unpaired) electrons. The highest BCUT2D eigenvalue weighted by Crippen LogP contribution is 2.24. The van der Waals surface area contributed by atoms with Crippen LogP contribution in [0.2, 0.25) is 0 Å². The van der Waals surface area contributed by atoms with E-state index >= 15 is 0 Å². The summed E-state index contributed by atoms with van der Waals surface area (Å²) in [6.45, 7) is 2.32. The monoisotopic (exact) mass is 511 g/mol. The van der Waals surface area contributed by atoms with E-state index in [4.69, 9.17) is 9.47 Å². The van der Waals surface area contributed by atoms with Gasteiger partial charge in [0.25, 0.3) is 0 Å². The Morgan fingerprint density at radius 2 is 1.78 bits per heavy atom. The number of para-hydroxylation sites is 2. The van der Waals surface area contributed by atoms with Gasteiger partial charge >= 0.3 is 5.97 Å². The highest BCUT2D eigenvalue weighted by Gasteiger charge is 2.13. The number of nitrogens with one attached hydrogen (secondary N) is 1. The van der Waals surface area contributed by atoms with Crippen LogP contribution >= 0.6 is 0 Å². The minimum absolute atomic E-state index is 0.283. The predicted octanol–water partition coefficient (Wildman–Crippen LogP) is 5.61. The Kier molecular flexibility index (Phi) is 7.09. The van der Waals surface area contributed by atoms with Crippen LogP contribution in [-0.4, -0.2) is 32.2 Å². The van der Waals surface area contributed by atoms with Crippen molar-refractivity contribution in [2.45, 2.75) is 24.4 Å². The molecule has 0 aliphatic heterocycles. The molecular weight excluding hydrogens is 486 g/mol. The minimum Gasteiger partial charge on any atom is -0.489 e. The SMILES string of the molecule is COC(=O)c1cccc(-c2ccc(OCc3cnc(CS(=O)c4nc5ccccc5[nH]4)c(C)c3)cc2)c1. The van der Waals surface area contributed by atoms with Gasteiger partial charge in [-0.05, 0) is 66.1 Å². The van der Waals surface area contributed by atoms with Crippen molar-refractivity contribution in [1.82, 2.24) is 15.0 Å². The molecular formula is C29H25N3O4S. The van der Waals surface area contributed by atoms with Gasteiger partial charge in [-0.15, -0.1) is 0 Å². The summed E-state index contributed by atoms with van der Waals surface area (Å²) in [5, 5.41) is 0.454. The molecule has 5 rings (SSSR count). The second kappa shape index (κ2) is 10.8. The number of rotatable bonds is 8. The number of aromatic amines is 1. The normalized spacial score (nSPS) is 11.8. The maximum Gasteiger partial charge on any atom is 0.337 e. The third-order valence-electron chi connectivity index (χ3n) is 5.97. The number of ether oxygens (including phenoxy) is 2. The largest absolute Gasteiger partial charge is 0.489 e. The molecule has 0 aliphatic carbocycles. The minimum atomic E-state index is -1.33. The van der Waals surface area contributed by atoms with Crippen molar-refractivity contribution in [2.75, 3.05) is 7.11 Å². The molecule has 0 saturated carbocycles. The van der Waals surface area contributed by atoms with Crippen molar-refractivity contribution < 1.29 is 18.5 Å². The number of hydrogen-bond acceptors (Lipinski definition) is 6. The lowest BCUT2D eigenvalue weighted by Crippen LogP contribution is -2.05. The van der Waals surface area contributed by atoms with Crippen molar-refractivity contribution in [3.05, 3.63) is 107 Å². The van der Waals surface area contributed by atoms with E-state index < -0.39 is 10.8 Å². The van der Waals surface area contributed by atoms with E-state index in [0.717, 1.165) is 44.7 Å². The first-order valence-electron chi connectivity index (χ1n) is 11.7. The molecule has 3 aromatic carbocycles. The zero-order valence-electron chi connectivity index (χ0n) is 20.4. The van der Waals surface area contributed by atoms with Crippen molar-refractivity contribution in [1.29, 1.82) is 0 Å². The Morgan fingerprint density at radius 1 is 0.973 bits per heavy atom. The number of aryl methyl sites for hydroxylation is 1. The van der Waals surface area contributed by atoms with Gasteiger partial charge in [0.05, 0.1) is 46.0 Å². The lowest BCUT2D eigenvalue weighted by atomic mass is 10.0. The molecule has 5 aromatic rings. The summed E-state index contributed by atoms with van der Waals surface area (Å²) in [5.41, 5.74) is 6.70. The van der Waals surface area contributed by atoms with Crippen LogP contribution in [0, 0.1) is 6.92 Å². The zero-order valence-corrected chi connectivity index (χ0v) is 21.2. The maximum absolute atomic E-state index is 12.9. The predicted molar refractivity (Wildman–Crippen MR) is 143 cm³/mol. The summed E-state index contributed by atoms with van der Waals surface area (Å²) in [6.07, 6.45) is 1.75. The number of carbonyl (C=O) groups is 1. The van der Waals surface area contributed by atoms with Gasteiger partial charge in [-0.25, -0.2) is 9.78 Å². The van der Waals surface area contributed by atoms with Crippen LogP contribution in [0.4, 0.5) is 0 Å². The molecule has 1 N–H and O–H groups in total. The number of aromatic nitrogens is 3. The summed E-state index contributed by atoms with van der Waals surface area (Å²) < 4.78 is 23.6. The first kappa shape index (κ1) is 24.4. The summed E-state index contributed by atoms with van der Waals surface area (Å²) in [7, 11) is 0.0436. The fourth-order valence-corrected chi connectivity index (χ4v) is 5.09. The topological polar surface area (TPSA) is 94.2 Å². The van der Waals surface area contributed by atoms with E-state index in [1.165, 1.54) is 7.11 Å². The van der Waals surface area contributed by atoms with Crippen molar-refractivity contribution in [2.24, 2.45) is 0 Å². The number of carbonyl (C=O) groups excluding carboxylic acids is 1. The van der Waals surface area contributed by atoms with E-state index in [1.807, 2.05) is 73.7 Å². The number of methoxy groups -OCH3 is 1. The summed E-state index contributed by atoms with van der Waals surface area (Å²) in [4.78, 5) is 23.9. The molecule has 0 saturated heterocycles. The number of hydrogen-bond donors (Lipinski definition) is 1. The molecule has 7 nitrogen and oxygen atoms in total. The van der Waals surface area contributed by atoms with Crippen LogP contribution < -0.4 is 4.74 Å². The van der Waals surface area contributed by atoms with Crippen LogP contribution in [0.3, 0.4) is 0 Å². The number of imidazole rings is 1. The number of esters is 1. The average molecular weight is 512 g/mol. The van der Waals surface area contributed by atoms with Crippen LogP contribution in [0.25, 0.3) is 22.2 Å². The quantitative estimate of drug-likeness (QED) is 0.272. The Hall–Kier alpha value is -4.30. The number of nitrogens with zero attached hydrogens (tertiary/aromatic N) is 2. The highest BCUT2D eigenvalue weighted by atomic mass is 32.2. The molecule has 0 amide bonds. The van der Waals surface area contributed by atoms with Gasteiger partial charge in [0.15, 0.2) is 5.16 Å². The number of benzene rings is 3. The Morgan fingerprint density at radius 3 is 2.54 bits per heavy atom. The standard InChI is InChI=1S/C29H25N3O4S/c1-19-14-20(16-30-27(19)18-37(34)29-31-25-8-3-4-9-26(25)32-29)17-36-24-12-10-21(11-13-24)22-6-5-7-23(15-22)28(33)35-2/h3-16H,17-18H2,1-2H3,(H,31,32). The van der Waals surface area contributed by atoms with Gasteiger partial charge in [-0.3, -0.25) is 9.19 Å². The smallest absolute Gasteiger partial charge is 0.337 e. The van der Waals surface area contributed by atoms with Gasteiger partial charge in [0.1, 0.15) is 12.4 Å². The second-order valence-electron chi connectivity index (χ2n) is 8.54. The third kappa shape index (κ3) is 5.59. The molecule has 2 aromatic heterocycles. The second-order valence-corrected chi connectivity index (χ2v) is 9.91. The van der Waals surface area contributed by atoms with Crippen LogP contribution in [0.5, 0.6) is 5.75 Å². The van der Waals surface area contributed by atoms with Gasteiger partial charge in [-0.1, -0.05) is 36.4 Å². The molecule has 0 bridgehead atoms. The molecule has 186 valence electrons. The van der Waals surface area contributed by atoms with Gasteiger partial charge in [-0.2, -0.15) is 0 Å². The van der Waals surface area contributed by atoms with Crippen LogP contribution in [0.1, 0.15) is 27.2 Å². The average Bonchev–Trinajstić information content (AvgIpc) is 3.38. The van der Waals surface area contributed by atoms with E-state index in [2.05, 4.69) is 15.0 Å². The lowest BCUT2D eigenvalue weighted by molar-refractivity contribution is 0.0600. The molecule has 0 fully saturated rings. The Bertz CT molecular complexity index is 1560. The van der Waals surface area contributed by atoms with Crippen LogP contribution in [0.15, 0.2) is 90.2 Å². The van der Waals surface area contributed by atoms with E-state index in [1.54, 1.807) is 18.3 Å². The highest BCUT2D eigenvalue weighted by molar-refractivity contribution is 7.84. The van der Waals surface area contributed by atoms with E-state index in [0.29, 0.717) is 17.3 Å². The van der Waals surface area contributed by atoms with Crippen molar-refractivity contribution >= 4 is 27.8 Å². The molecule has 1 unspecified atom stereocenters. The van der Waals surface area contributed by atoms with Crippen LogP contribution in [-0.2, 0) is 27.9 Å². The summed E-state index contributed by atoms with van der Waals surface area (Å²) in [5.74, 6) is 0.643. The van der Waals surface area contributed by atoms with Gasteiger partial charge in [0, 0.05) is 11.8 Å². The Balaban J connectivity index is 1.21. The molecule has 1 atom stereocenters. The molecule has 0 spiro atoms. The van der Waals surface area contributed by atoms with Crippen molar-refractivity contribution in [3.63, 3.8) is 0 Å². The zero-order chi connectivity index (χ0) is 25.8. The number of fused-ring (bicyclic) bond motifs is 1. The first-order chi connectivity index (χ1) is 18.0. The van der Waals surface area contributed by atoms with E-state index in [-0.39, 0.29) is 11.7 Å². The third-order valence-corrected chi connectivity index (χ3v) is 7.13.